The lowest BCUT2D eigenvalue weighted by Gasteiger charge is -2.09. The number of ether oxygens (including phenoxy) is 1. The number of methoxy groups -OCH3 is 1. The summed E-state index contributed by atoms with van der Waals surface area (Å²) in [4.78, 5) is 12.1. The van der Waals surface area contributed by atoms with Gasteiger partial charge in [-0.1, -0.05) is 11.6 Å². The van der Waals surface area contributed by atoms with Crippen LogP contribution in [-0.2, 0) is 14.8 Å². The van der Waals surface area contributed by atoms with Gasteiger partial charge in [0.05, 0.1) is 22.1 Å². The molecule has 0 heterocycles. The molecule has 0 radical (unpaired) electrons. The molecular formula is C16H15ClF2N2O4S. The molecule has 2 N–H and O–H groups in total. The first-order valence-corrected chi connectivity index (χ1v) is 9.15. The second kappa shape index (κ2) is 8.54. The van der Waals surface area contributed by atoms with E-state index in [-0.39, 0.29) is 34.3 Å². The maximum Gasteiger partial charge on any atom is 0.257 e. The molecule has 0 spiro atoms. The van der Waals surface area contributed by atoms with E-state index in [2.05, 4.69) is 10.0 Å². The first-order chi connectivity index (χ1) is 12.2. The second-order valence-corrected chi connectivity index (χ2v) is 7.29. The first kappa shape index (κ1) is 20.2. The van der Waals surface area contributed by atoms with Crippen LogP contribution in [0.15, 0.2) is 41.3 Å². The quantitative estimate of drug-likeness (QED) is 0.549. The van der Waals surface area contributed by atoms with Gasteiger partial charge in [-0.05, 0) is 36.4 Å². The van der Waals surface area contributed by atoms with Crippen LogP contribution in [0.2, 0.25) is 5.02 Å². The minimum atomic E-state index is -3.70. The summed E-state index contributed by atoms with van der Waals surface area (Å²) in [6.45, 7) is 0.342. The highest BCUT2D eigenvalue weighted by atomic mass is 35.5. The fourth-order valence-corrected chi connectivity index (χ4v) is 3.22. The zero-order valence-corrected chi connectivity index (χ0v) is 15.1. The van der Waals surface area contributed by atoms with Gasteiger partial charge in [0.15, 0.2) is 11.6 Å². The number of anilines is 1. The molecule has 0 unspecified atom stereocenters. The van der Waals surface area contributed by atoms with Crippen molar-refractivity contribution in [2.45, 2.75) is 4.90 Å². The zero-order valence-electron chi connectivity index (χ0n) is 13.6. The lowest BCUT2D eigenvalue weighted by Crippen LogP contribution is -2.27. The number of amides is 1. The lowest BCUT2D eigenvalue weighted by molar-refractivity contribution is 0.102. The Bertz CT molecular complexity index is 905. The summed E-state index contributed by atoms with van der Waals surface area (Å²) in [5, 5.41) is 2.18. The maximum absolute atomic E-state index is 13.3. The summed E-state index contributed by atoms with van der Waals surface area (Å²) in [7, 11) is -2.25. The predicted molar refractivity (Wildman–Crippen MR) is 92.8 cm³/mol. The van der Waals surface area contributed by atoms with E-state index in [4.69, 9.17) is 16.3 Å². The molecular weight excluding hydrogens is 390 g/mol. The predicted octanol–water partition coefficient (Wildman–Crippen LogP) is 2.80. The molecule has 0 aromatic heterocycles. The van der Waals surface area contributed by atoms with Gasteiger partial charge in [-0.2, -0.15) is 0 Å². The second-order valence-electron chi connectivity index (χ2n) is 5.12. The van der Waals surface area contributed by atoms with E-state index in [0.29, 0.717) is 12.1 Å². The third-order valence-electron chi connectivity index (χ3n) is 3.28. The third-order valence-corrected chi connectivity index (χ3v) is 5.06. The van der Waals surface area contributed by atoms with E-state index in [1.165, 1.54) is 31.4 Å². The number of nitrogens with one attached hydrogen (secondary N) is 2. The largest absolute Gasteiger partial charge is 0.383 e. The van der Waals surface area contributed by atoms with Crippen LogP contribution in [0.1, 0.15) is 10.4 Å². The number of hydrogen-bond acceptors (Lipinski definition) is 4. The van der Waals surface area contributed by atoms with Crippen molar-refractivity contribution in [1.82, 2.24) is 4.72 Å². The molecule has 0 fully saturated rings. The standard InChI is InChI=1S/C16H15ClF2N2O4S/c1-25-7-6-20-26(23,24)11-4-2-10(3-5-11)21-16(22)12-8-14(18)15(19)9-13(12)17/h2-5,8-9,20H,6-7H2,1H3,(H,21,22). The molecule has 1 amide bonds. The minimum absolute atomic E-state index is 0.00235. The van der Waals surface area contributed by atoms with Gasteiger partial charge in [0.1, 0.15) is 0 Å². The Balaban J connectivity index is 2.12. The monoisotopic (exact) mass is 404 g/mol. The van der Waals surface area contributed by atoms with Gasteiger partial charge in [0, 0.05) is 19.3 Å². The van der Waals surface area contributed by atoms with Gasteiger partial charge in [0.2, 0.25) is 10.0 Å². The van der Waals surface area contributed by atoms with E-state index < -0.39 is 27.6 Å². The maximum atomic E-state index is 13.3. The molecule has 6 nitrogen and oxygen atoms in total. The van der Waals surface area contributed by atoms with Crippen LogP contribution < -0.4 is 10.0 Å². The normalized spacial score (nSPS) is 11.4. The molecule has 0 aliphatic carbocycles. The van der Waals surface area contributed by atoms with Crippen LogP contribution in [-0.4, -0.2) is 34.6 Å². The first-order valence-electron chi connectivity index (χ1n) is 7.29. The summed E-state index contributed by atoms with van der Waals surface area (Å²) >= 11 is 5.74. The zero-order chi connectivity index (χ0) is 19.3. The summed E-state index contributed by atoms with van der Waals surface area (Å²) in [5.41, 5.74) is 0.00939. The van der Waals surface area contributed by atoms with Gasteiger partial charge in [-0.15, -0.1) is 0 Å². The van der Waals surface area contributed by atoms with Crippen molar-refractivity contribution in [3.63, 3.8) is 0 Å². The number of halogens is 3. The molecule has 0 atom stereocenters. The number of carbonyl (C=O) groups excluding carboxylic acids is 1. The number of carbonyl (C=O) groups is 1. The van der Waals surface area contributed by atoms with E-state index in [1.54, 1.807) is 0 Å². The summed E-state index contributed by atoms with van der Waals surface area (Å²) in [6, 6.07) is 6.68. The Morgan fingerprint density at radius 2 is 1.77 bits per heavy atom. The number of hydrogen-bond donors (Lipinski definition) is 2. The molecule has 0 aliphatic rings. The molecule has 0 aliphatic heterocycles. The van der Waals surface area contributed by atoms with Crippen molar-refractivity contribution in [1.29, 1.82) is 0 Å². The topological polar surface area (TPSA) is 84.5 Å². The highest BCUT2D eigenvalue weighted by Gasteiger charge is 2.16. The average Bonchev–Trinajstić information content (AvgIpc) is 2.58. The number of rotatable bonds is 7. The minimum Gasteiger partial charge on any atom is -0.383 e. The Labute approximate surface area is 154 Å². The fourth-order valence-electron chi connectivity index (χ4n) is 1.97. The van der Waals surface area contributed by atoms with E-state index in [9.17, 15) is 22.0 Å². The molecule has 2 aromatic carbocycles. The molecule has 10 heteroatoms. The van der Waals surface area contributed by atoms with Gasteiger partial charge in [-0.3, -0.25) is 4.79 Å². The van der Waals surface area contributed by atoms with Crippen molar-refractivity contribution in [3.8, 4) is 0 Å². The molecule has 140 valence electrons. The van der Waals surface area contributed by atoms with E-state index >= 15 is 0 Å². The summed E-state index contributed by atoms with van der Waals surface area (Å²) < 4.78 is 57.5. The SMILES string of the molecule is COCCNS(=O)(=O)c1ccc(NC(=O)c2cc(F)c(F)cc2Cl)cc1. The van der Waals surface area contributed by atoms with Crippen LogP contribution in [0.3, 0.4) is 0 Å². The van der Waals surface area contributed by atoms with Crippen molar-refractivity contribution in [2.24, 2.45) is 0 Å². The van der Waals surface area contributed by atoms with Gasteiger partial charge >= 0.3 is 0 Å². The van der Waals surface area contributed by atoms with Crippen LogP contribution in [0.5, 0.6) is 0 Å². The van der Waals surface area contributed by atoms with E-state index in [0.717, 1.165) is 0 Å². The highest BCUT2D eigenvalue weighted by Crippen LogP contribution is 2.22. The lowest BCUT2D eigenvalue weighted by atomic mass is 10.2. The van der Waals surface area contributed by atoms with Gasteiger partial charge < -0.3 is 10.1 Å². The number of benzene rings is 2. The van der Waals surface area contributed by atoms with Gasteiger partial charge in [-0.25, -0.2) is 21.9 Å². The molecule has 2 rings (SSSR count). The Morgan fingerprint density at radius 1 is 1.15 bits per heavy atom. The Hall–Kier alpha value is -2.07. The highest BCUT2D eigenvalue weighted by molar-refractivity contribution is 7.89. The molecule has 2 aromatic rings. The van der Waals surface area contributed by atoms with Gasteiger partial charge in [0.25, 0.3) is 5.91 Å². The van der Waals surface area contributed by atoms with Crippen molar-refractivity contribution in [3.05, 3.63) is 58.6 Å². The Morgan fingerprint density at radius 3 is 2.38 bits per heavy atom. The molecule has 0 bridgehead atoms. The number of sulfonamides is 1. The van der Waals surface area contributed by atoms with Crippen LogP contribution in [0.4, 0.5) is 14.5 Å². The van der Waals surface area contributed by atoms with Crippen LogP contribution >= 0.6 is 11.6 Å². The van der Waals surface area contributed by atoms with Crippen LogP contribution in [0, 0.1) is 11.6 Å². The Kier molecular flexibility index (Phi) is 6.65. The van der Waals surface area contributed by atoms with Crippen molar-refractivity contribution in [2.75, 3.05) is 25.6 Å². The van der Waals surface area contributed by atoms with Crippen molar-refractivity contribution >= 4 is 33.2 Å². The van der Waals surface area contributed by atoms with Crippen molar-refractivity contribution < 1.29 is 26.7 Å². The molecule has 26 heavy (non-hydrogen) atoms. The average molecular weight is 405 g/mol. The van der Waals surface area contributed by atoms with Crippen LogP contribution in [0.25, 0.3) is 0 Å². The summed E-state index contributed by atoms with van der Waals surface area (Å²) in [5.74, 6) is -3.13. The molecule has 0 saturated carbocycles. The van der Waals surface area contributed by atoms with E-state index in [1.807, 2.05) is 0 Å². The fraction of sp³-hybridized carbons (Fsp3) is 0.188. The molecule has 0 saturated heterocycles. The summed E-state index contributed by atoms with van der Waals surface area (Å²) in [6.07, 6.45) is 0. The third kappa shape index (κ3) is 4.98. The smallest absolute Gasteiger partial charge is 0.257 e.